The highest BCUT2D eigenvalue weighted by Gasteiger charge is 2.38. The van der Waals surface area contributed by atoms with Crippen molar-refractivity contribution in [3.05, 3.63) is 71.8 Å². The number of aliphatic imine (C=N–C) groups is 1. The monoisotopic (exact) mass is 506 g/mol. The molecule has 1 saturated heterocycles. The van der Waals surface area contributed by atoms with Gasteiger partial charge in [0.25, 0.3) is 5.91 Å². The topological polar surface area (TPSA) is 160 Å². The zero-order valence-electron chi connectivity index (χ0n) is 20.7. The Kier molecular flexibility index (Phi) is 10.2. The highest BCUT2D eigenvalue weighted by Crippen LogP contribution is 2.20. The lowest BCUT2D eigenvalue weighted by Crippen LogP contribution is -2.55. The zero-order valence-corrected chi connectivity index (χ0v) is 20.7. The van der Waals surface area contributed by atoms with Crippen LogP contribution in [0.4, 0.5) is 0 Å². The molecule has 1 fully saturated rings. The summed E-state index contributed by atoms with van der Waals surface area (Å²) in [6.45, 7) is 0.735. The molecule has 0 saturated carbocycles. The van der Waals surface area contributed by atoms with E-state index in [2.05, 4.69) is 15.6 Å². The number of guanidine groups is 1. The fourth-order valence-electron chi connectivity index (χ4n) is 4.36. The third kappa shape index (κ3) is 8.16. The van der Waals surface area contributed by atoms with Crippen LogP contribution in [0.1, 0.15) is 41.6 Å². The largest absolute Gasteiger partial charge is 0.370 e. The predicted octanol–water partition coefficient (Wildman–Crippen LogP) is 0.756. The first-order chi connectivity index (χ1) is 17.9. The minimum atomic E-state index is -0.857. The van der Waals surface area contributed by atoms with E-state index in [0.29, 0.717) is 50.6 Å². The maximum atomic E-state index is 13.7. The van der Waals surface area contributed by atoms with Gasteiger partial charge in [-0.1, -0.05) is 48.5 Å². The number of rotatable bonds is 12. The normalized spacial score (nSPS) is 16.3. The average Bonchev–Trinajstić information content (AvgIpc) is 3.40. The van der Waals surface area contributed by atoms with Crippen molar-refractivity contribution in [2.45, 2.75) is 50.2 Å². The molecule has 0 spiro atoms. The minimum absolute atomic E-state index is 0.0313. The molecule has 0 radical (unpaired) electrons. The van der Waals surface area contributed by atoms with Crippen molar-refractivity contribution in [1.29, 1.82) is 0 Å². The van der Waals surface area contributed by atoms with E-state index in [4.69, 9.17) is 11.5 Å². The van der Waals surface area contributed by atoms with Gasteiger partial charge >= 0.3 is 0 Å². The summed E-state index contributed by atoms with van der Waals surface area (Å²) in [5, 5.41) is 5.60. The lowest BCUT2D eigenvalue weighted by Gasteiger charge is -2.29. The van der Waals surface area contributed by atoms with Crippen molar-refractivity contribution in [2.24, 2.45) is 16.5 Å². The Hall–Kier alpha value is -4.21. The first-order valence-electron chi connectivity index (χ1n) is 12.4. The molecule has 3 atom stereocenters. The molecule has 10 nitrogen and oxygen atoms in total. The lowest BCUT2D eigenvalue weighted by molar-refractivity contribution is -0.140. The van der Waals surface area contributed by atoms with Gasteiger partial charge in [0.1, 0.15) is 18.4 Å². The summed E-state index contributed by atoms with van der Waals surface area (Å²) >= 11 is 0. The maximum absolute atomic E-state index is 13.7. The second kappa shape index (κ2) is 13.8. The van der Waals surface area contributed by atoms with E-state index in [-0.39, 0.29) is 24.2 Å². The van der Waals surface area contributed by atoms with Gasteiger partial charge in [-0.25, -0.2) is 0 Å². The molecule has 1 aliphatic heterocycles. The number of carbonyl (C=O) groups is 4. The van der Waals surface area contributed by atoms with Gasteiger partial charge in [0, 0.05) is 25.1 Å². The molecule has 2 aromatic carbocycles. The first kappa shape index (κ1) is 27.4. The van der Waals surface area contributed by atoms with E-state index >= 15 is 0 Å². The summed E-state index contributed by atoms with van der Waals surface area (Å²) in [5.74, 6) is -1.12. The highest BCUT2D eigenvalue weighted by molar-refractivity contribution is 5.98. The Morgan fingerprint density at radius 1 is 1.03 bits per heavy atom. The maximum Gasteiger partial charge on any atom is 0.251 e. The standard InChI is InChI=1S/C27H34N6O4/c28-27(29)30-15-7-13-21(18-34)31-25(36)23-14-8-16-33(23)26(37)22(17-19-9-3-1-4-10-19)32-24(35)20-11-5-2-6-12-20/h1-6,9-12,18,21-23H,7-8,13-17H2,(H,31,36)(H,32,35)(H4,28,29,30)/t21-,22+,23-/m0/s1. The van der Waals surface area contributed by atoms with Crippen molar-refractivity contribution >= 4 is 30.0 Å². The smallest absolute Gasteiger partial charge is 0.251 e. The molecule has 37 heavy (non-hydrogen) atoms. The average molecular weight is 507 g/mol. The molecule has 2 aromatic rings. The quantitative estimate of drug-likeness (QED) is 0.144. The van der Waals surface area contributed by atoms with Crippen LogP contribution in [0.2, 0.25) is 0 Å². The molecule has 6 N–H and O–H groups in total. The molecule has 3 rings (SSSR count). The van der Waals surface area contributed by atoms with Gasteiger partial charge in [-0.2, -0.15) is 0 Å². The Morgan fingerprint density at radius 2 is 1.70 bits per heavy atom. The second-order valence-electron chi connectivity index (χ2n) is 8.97. The summed E-state index contributed by atoms with van der Waals surface area (Å²) in [4.78, 5) is 56.6. The molecule has 1 aliphatic rings. The Bertz CT molecular complexity index is 1090. The van der Waals surface area contributed by atoms with Crippen LogP contribution in [0, 0.1) is 0 Å². The number of aldehydes is 1. The number of nitrogens with one attached hydrogen (secondary N) is 2. The van der Waals surface area contributed by atoms with Crippen molar-refractivity contribution in [3.63, 3.8) is 0 Å². The van der Waals surface area contributed by atoms with E-state index < -0.39 is 24.0 Å². The summed E-state index contributed by atoms with van der Waals surface area (Å²) < 4.78 is 0. The number of likely N-dealkylation sites (tertiary alicyclic amines) is 1. The molecular weight excluding hydrogens is 472 g/mol. The summed E-state index contributed by atoms with van der Waals surface area (Å²) in [6.07, 6.45) is 2.96. The molecule has 0 aromatic heterocycles. The minimum Gasteiger partial charge on any atom is -0.370 e. The van der Waals surface area contributed by atoms with Crippen LogP contribution in [0.25, 0.3) is 0 Å². The van der Waals surface area contributed by atoms with Crippen LogP contribution >= 0.6 is 0 Å². The number of hydrogen-bond donors (Lipinski definition) is 4. The van der Waals surface area contributed by atoms with Gasteiger partial charge in [-0.05, 0) is 43.4 Å². The molecule has 0 bridgehead atoms. The number of carbonyl (C=O) groups excluding carboxylic acids is 4. The van der Waals surface area contributed by atoms with Crippen molar-refractivity contribution in [1.82, 2.24) is 15.5 Å². The molecule has 0 unspecified atom stereocenters. The Labute approximate surface area is 216 Å². The van der Waals surface area contributed by atoms with E-state index in [1.165, 1.54) is 4.90 Å². The molecule has 1 heterocycles. The third-order valence-corrected chi connectivity index (χ3v) is 6.22. The van der Waals surface area contributed by atoms with E-state index in [0.717, 1.165) is 5.56 Å². The SMILES string of the molecule is NC(N)=NCCC[C@@H](C=O)NC(=O)[C@@H]1CCCN1C(=O)[C@@H](Cc1ccccc1)NC(=O)c1ccccc1. The van der Waals surface area contributed by atoms with E-state index in [1.807, 2.05) is 36.4 Å². The van der Waals surface area contributed by atoms with Gasteiger partial charge in [0.15, 0.2) is 5.96 Å². The molecule has 10 heteroatoms. The summed E-state index contributed by atoms with van der Waals surface area (Å²) in [6, 6.07) is 15.8. The fraction of sp³-hybridized carbons (Fsp3) is 0.370. The summed E-state index contributed by atoms with van der Waals surface area (Å²) in [5.41, 5.74) is 11.9. The Morgan fingerprint density at radius 3 is 2.35 bits per heavy atom. The number of amides is 3. The molecule has 3 amide bonds. The van der Waals surface area contributed by atoms with Gasteiger partial charge in [0.05, 0.1) is 6.04 Å². The van der Waals surface area contributed by atoms with E-state index in [1.54, 1.807) is 24.3 Å². The lowest BCUT2D eigenvalue weighted by atomic mass is 10.0. The van der Waals surface area contributed by atoms with E-state index in [9.17, 15) is 19.2 Å². The van der Waals surface area contributed by atoms with Crippen LogP contribution in [0.5, 0.6) is 0 Å². The van der Waals surface area contributed by atoms with Gasteiger partial charge in [-0.3, -0.25) is 19.4 Å². The van der Waals surface area contributed by atoms with Crippen LogP contribution in [-0.2, 0) is 20.8 Å². The predicted molar refractivity (Wildman–Crippen MR) is 140 cm³/mol. The van der Waals surface area contributed by atoms with Crippen LogP contribution < -0.4 is 22.1 Å². The van der Waals surface area contributed by atoms with Crippen LogP contribution in [0.3, 0.4) is 0 Å². The third-order valence-electron chi connectivity index (χ3n) is 6.22. The zero-order chi connectivity index (χ0) is 26.6. The number of hydrogen-bond acceptors (Lipinski definition) is 5. The fourth-order valence-corrected chi connectivity index (χ4v) is 4.36. The van der Waals surface area contributed by atoms with Gasteiger partial charge in [0.2, 0.25) is 11.8 Å². The Balaban J connectivity index is 1.70. The van der Waals surface area contributed by atoms with Crippen molar-refractivity contribution < 1.29 is 19.2 Å². The number of nitrogens with two attached hydrogens (primary N) is 2. The van der Waals surface area contributed by atoms with Crippen LogP contribution in [0.15, 0.2) is 65.7 Å². The molecule has 196 valence electrons. The number of benzene rings is 2. The first-order valence-corrected chi connectivity index (χ1v) is 12.4. The van der Waals surface area contributed by atoms with Gasteiger partial charge < -0.3 is 31.8 Å². The second-order valence-corrected chi connectivity index (χ2v) is 8.97. The summed E-state index contributed by atoms with van der Waals surface area (Å²) in [7, 11) is 0. The van der Waals surface area contributed by atoms with Crippen LogP contribution in [-0.4, -0.2) is 66.1 Å². The van der Waals surface area contributed by atoms with Gasteiger partial charge in [-0.15, -0.1) is 0 Å². The number of nitrogens with zero attached hydrogens (tertiary/aromatic N) is 2. The van der Waals surface area contributed by atoms with Crippen molar-refractivity contribution in [3.8, 4) is 0 Å². The highest BCUT2D eigenvalue weighted by atomic mass is 16.2. The van der Waals surface area contributed by atoms with Crippen molar-refractivity contribution in [2.75, 3.05) is 13.1 Å². The molecular formula is C27H34N6O4. The molecule has 0 aliphatic carbocycles.